The van der Waals surface area contributed by atoms with Crippen molar-refractivity contribution in [3.63, 3.8) is 0 Å². The van der Waals surface area contributed by atoms with Gasteiger partial charge in [-0.3, -0.25) is 0 Å². The number of rotatable bonds is 1. The zero-order valence-electron chi connectivity index (χ0n) is 6.64. The van der Waals surface area contributed by atoms with Crippen molar-refractivity contribution in [2.24, 2.45) is 0 Å². The van der Waals surface area contributed by atoms with Crippen molar-refractivity contribution in [2.75, 3.05) is 0 Å². The number of fused-ring (bicyclic) bond motifs is 1. The molecule has 1 aromatic heterocycles. The van der Waals surface area contributed by atoms with E-state index in [4.69, 9.17) is 0 Å². The number of aromatic amines is 1. The van der Waals surface area contributed by atoms with Crippen molar-refractivity contribution >= 4 is 11.0 Å². The van der Waals surface area contributed by atoms with Gasteiger partial charge in [-0.2, -0.15) is 15.4 Å². The van der Waals surface area contributed by atoms with Crippen LogP contribution < -0.4 is 0 Å². The summed E-state index contributed by atoms with van der Waals surface area (Å²) in [5, 5.41) is 10.5. The standard InChI is InChI=1S/C8H9N3.Cu/c1-2-6-3-4-7-8(5-6)10-11-9-7;/h3-5H,2H2,1H3,(H,9,10,11);. The summed E-state index contributed by atoms with van der Waals surface area (Å²) < 4.78 is 0. The molecule has 0 saturated carbocycles. The molecule has 0 bridgehead atoms. The summed E-state index contributed by atoms with van der Waals surface area (Å²) in [5.74, 6) is 0. The van der Waals surface area contributed by atoms with Crippen LogP contribution in [-0.4, -0.2) is 15.4 Å². The molecule has 2 rings (SSSR count). The first-order chi connectivity index (χ1) is 5.40. The third-order valence-electron chi connectivity index (χ3n) is 1.79. The van der Waals surface area contributed by atoms with Gasteiger partial charge in [0.1, 0.15) is 11.0 Å². The molecule has 0 spiro atoms. The minimum atomic E-state index is 0. The maximum atomic E-state index is 3.99. The van der Waals surface area contributed by atoms with Crippen LogP contribution in [0.3, 0.4) is 0 Å². The first kappa shape index (κ1) is 9.23. The van der Waals surface area contributed by atoms with Crippen molar-refractivity contribution in [3.05, 3.63) is 23.8 Å². The number of hydrogen-bond donors (Lipinski definition) is 1. The molecule has 2 aromatic rings. The van der Waals surface area contributed by atoms with E-state index in [-0.39, 0.29) is 17.1 Å². The first-order valence-corrected chi connectivity index (χ1v) is 3.69. The van der Waals surface area contributed by atoms with Gasteiger partial charge in [0.05, 0.1) is 0 Å². The molecule has 0 aliphatic heterocycles. The van der Waals surface area contributed by atoms with E-state index in [2.05, 4.69) is 34.5 Å². The minimum absolute atomic E-state index is 0. The maximum Gasteiger partial charge on any atom is 0.113 e. The molecule has 0 fully saturated rings. The molecule has 0 aliphatic carbocycles. The normalized spacial score (nSPS) is 9.75. The second-order valence-electron chi connectivity index (χ2n) is 2.50. The molecule has 0 saturated heterocycles. The average Bonchev–Trinajstić information content (AvgIpc) is 2.50. The van der Waals surface area contributed by atoms with Crippen molar-refractivity contribution in [1.29, 1.82) is 0 Å². The molecule has 1 aromatic carbocycles. The van der Waals surface area contributed by atoms with Gasteiger partial charge in [0.15, 0.2) is 0 Å². The zero-order valence-corrected chi connectivity index (χ0v) is 7.58. The summed E-state index contributed by atoms with van der Waals surface area (Å²) in [4.78, 5) is 0. The summed E-state index contributed by atoms with van der Waals surface area (Å²) in [5.41, 5.74) is 3.18. The topological polar surface area (TPSA) is 41.6 Å². The number of nitrogens with one attached hydrogen (secondary N) is 1. The van der Waals surface area contributed by atoms with E-state index in [1.54, 1.807) is 0 Å². The number of nitrogens with zero attached hydrogens (tertiary/aromatic N) is 2. The number of aryl methyl sites for hydroxylation is 1. The van der Waals surface area contributed by atoms with Gasteiger partial charge in [-0.05, 0) is 24.1 Å². The Morgan fingerprint density at radius 2 is 2.00 bits per heavy atom. The molecule has 3 nitrogen and oxygen atoms in total. The number of benzene rings is 1. The molecule has 0 amide bonds. The van der Waals surface area contributed by atoms with E-state index in [1.807, 2.05) is 6.07 Å². The van der Waals surface area contributed by atoms with Gasteiger partial charge < -0.3 is 0 Å². The van der Waals surface area contributed by atoms with Crippen molar-refractivity contribution in [2.45, 2.75) is 13.3 Å². The van der Waals surface area contributed by atoms with Crippen LogP contribution in [0.15, 0.2) is 18.2 Å². The monoisotopic (exact) mass is 210 g/mol. The van der Waals surface area contributed by atoms with Crippen LogP contribution in [0.5, 0.6) is 0 Å². The predicted octanol–water partition coefficient (Wildman–Crippen LogP) is 1.52. The quantitative estimate of drug-likeness (QED) is 0.726. The number of hydrogen-bond acceptors (Lipinski definition) is 2. The summed E-state index contributed by atoms with van der Waals surface area (Å²) >= 11 is 0. The van der Waals surface area contributed by atoms with Crippen molar-refractivity contribution < 1.29 is 17.1 Å². The molecule has 1 radical (unpaired) electrons. The molecule has 67 valence electrons. The van der Waals surface area contributed by atoms with Crippen molar-refractivity contribution in [3.8, 4) is 0 Å². The molecule has 0 aliphatic rings. The fourth-order valence-corrected chi connectivity index (χ4v) is 1.11. The van der Waals surface area contributed by atoms with E-state index in [0.717, 1.165) is 17.5 Å². The van der Waals surface area contributed by atoms with Crippen LogP contribution in [-0.2, 0) is 23.5 Å². The van der Waals surface area contributed by atoms with Crippen LogP contribution >= 0.6 is 0 Å². The van der Waals surface area contributed by atoms with E-state index >= 15 is 0 Å². The average molecular weight is 211 g/mol. The minimum Gasteiger partial charge on any atom is -0.197 e. The molecule has 4 heteroatoms. The van der Waals surface area contributed by atoms with Crippen LogP contribution in [0, 0.1) is 0 Å². The Balaban J connectivity index is 0.000000720. The Bertz CT molecular complexity index is 369. The van der Waals surface area contributed by atoms with Gasteiger partial charge in [-0.15, -0.1) is 0 Å². The summed E-state index contributed by atoms with van der Waals surface area (Å²) in [7, 11) is 0. The number of H-pyrrole nitrogens is 1. The Kier molecular flexibility index (Phi) is 2.84. The zero-order chi connectivity index (χ0) is 7.68. The Labute approximate surface area is 81.0 Å². The molecule has 1 N–H and O–H groups in total. The summed E-state index contributed by atoms with van der Waals surface area (Å²) in [6.45, 7) is 2.13. The maximum absolute atomic E-state index is 3.99. The summed E-state index contributed by atoms with van der Waals surface area (Å²) in [6.07, 6.45) is 1.04. The fraction of sp³-hybridized carbons (Fsp3) is 0.250. The fourth-order valence-electron chi connectivity index (χ4n) is 1.11. The van der Waals surface area contributed by atoms with Gasteiger partial charge >= 0.3 is 0 Å². The molecule has 0 unspecified atom stereocenters. The summed E-state index contributed by atoms with van der Waals surface area (Å²) in [6, 6.07) is 6.11. The van der Waals surface area contributed by atoms with Crippen LogP contribution in [0.4, 0.5) is 0 Å². The van der Waals surface area contributed by atoms with Gasteiger partial charge in [-0.1, -0.05) is 13.0 Å². The molecule has 0 atom stereocenters. The van der Waals surface area contributed by atoms with E-state index in [1.165, 1.54) is 5.56 Å². The predicted molar refractivity (Wildman–Crippen MR) is 43.3 cm³/mol. The van der Waals surface area contributed by atoms with Gasteiger partial charge in [0.2, 0.25) is 0 Å². The van der Waals surface area contributed by atoms with E-state index in [9.17, 15) is 0 Å². The van der Waals surface area contributed by atoms with Gasteiger partial charge in [0.25, 0.3) is 0 Å². The van der Waals surface area contributed by atoms with Gasteiger partial charge in [-0.25, -0.2) is 0 Å². The van der Waals surface area contributed by atoms with Crippen LogP contribution in [0.1, 0.15) is 12.5 Å². The van der Waals surface area contributed by atoms with Crippen molar-refractivity contribution in [1.82, 2.24) is 15.4 Å². The first-order valence-electron chi connectivity index (χ1n) is 3.69. The third kappa shape index (κ3) is 1.49. The van der Waals surface area contributed by atoms with Crippen LogP contribution in [0.25, 0.3) is 11.0 Å². The van der Waals surface area contributed by atoms with E-state index < -0.39 is 0 Å². The Hall–Kier alpha value is -0.861. The second kappa shape index (κ2) is 3.70. The third-order valence-corrected chi connectivity index (χ3v) is 1.79. The SMILES string of the molecule is CCc1ccc2n[nH]nc2c1.[Cu]. The largest absolute Gasteiger partial charge is 0.197 e. The van der Waals surface area contributed by atoms with Gasteiger partial charge in [0, 0.05) is 17.1 Å². The smallest absolute Gasteiger partial charge is 0.113 e. The Morgan fingerprint density at radius 1 is 1.25 bits per heavy atom. The Morgan fingerprint density at radius 3 is 2.75 bits per heavy atom. The van der Waals surface area contributed by atoms with Crippen LogP contribution in [0.2, 0.25) is 0 Å². The molecule has 12 heavy (non-hydrogen) atoms. The number of aromatic nitrogens is 3. The molecule has 1 heterocycles. The molecular formula is C8H9CuN3. The van der Waals surface area contributed by atoms with E-state index in [0.29, 0.717) is 0 Å². The second-order valence-corrected chi connectivity index (χ2v) is 2.50. The molecular weight excluding hydrogens is 202 g/mol.